The lowest BCUT2D eigenvalue weighted by Gasteiger charge is -2.32. The van der Waals surface area contributed by atoms with Gasteiger partial charge < -0.3 is 19.7 Å². The number of aromatic amines is 1. The molecule has 0 aromatic carbocycles. The van der Waals surface area contributed by atoms with Crippen LogP contribution in [0.5, 0.6) is 0 Å². The monoisotopic (exact) mass is 295 g/mol. The quantitative estimate of drug-likeness (QED) is 0.872. The Bertz CT molecular complexity index is 525. The van der Waals surface area contributed by atoms with E-state index in [0.717, 1.165) is 12.8 Å². The van der Waals surface area contributed by atoms with Crippen LogP contribution in [0.4, 0.5) is 4.79 Å². The van der Waals surface area contributed by atoms with Crippen molar-refractivity contribution >= 4 is 12.1 Å². The van der Waals surface area contributed by atoms with Gasteiger partial charge in [0, 0.05) is 25.2 Å². The van der Waals surface area contributed by atoms with Crippen LogP contribution in [0, 0.1) is 0 Å². The van der Waals surface area contributed by atoms with E-state index in [9.17, 15) is 9.59 Å². The number of piperidine rings is 1. The molecule has 7 nitrogen and oxygen atoms in total. The zero-order valence-electron chi connectivity index (χ0n) is 12.5. The number of aromatic carboxylic acids is 1. The molecule has 1 aromatic rings. The molecule has 21 heavy (non-hydrogen) atoms. The predicted octanol–water partition coefficient (Wildman–Crippen LogP) is 2.22. The summed E-state index contributed by atoms with van der Waals surface area (Å²) in [5.41, 5.74) is -0.467. The number of aromatic nitrogens is 2. The average Bonchev–Trinajstić information content (AvgIpc) is 2.86. The number of carboxylic acid groups (broad SMARTS) is 1. The summed E-state index contributed by atoms with van der Waals surface area (Å²) in [4.78, 5) is 31.4. The first-order valence-electron chi connectivity index (χ1n) is 7.03. The third-order valence-electron chi connectivity index (χ3n) is 3.35. The number of hydrogen-bond donors (Lipinski definition) is 2. The number of rotatable bonds is 2. The van der Waals surface area contributed by atoms with Crippen LogP contribution in [0.25, 0.3) is 0 Å². The van der Waals surface area contributed by atoms with Crippen LogP contribution in [0.2, 0.25) is 0 Å². The second-order valence-corrected chi connectivity index (χ2v) is 6.22. The largest absolute Gasteiger partial charge is 0.476 e. The maximum absolute atomic E-state index is 12.0. The number of carboxylic acids is 1. The molecule has 2 rings (SSSR count). The van der Waals surface area contributed by atoms with Gasteiger partial charge in [-0.1, -0.05) is 0 Å². The van der Waals surface area contributed by atoms with Gasteiger partial charge in [-0.15, -0.1) is 0 Å². The van der Waals surface area contributed by atoms with E-state index in [-0.39, 0.29) is 17.7 Å². The lowest BCUT2D eigenvalue weighted by molar-refractivity contribution is 0.0203. The van der Waals surface area contributed by atoms with Crippen molar-refractivity contribution in [2.24, 2.45) is 0 Å². The Labute approximate surface area is 123 Å². The first kappa shape index (κ1) is 15.3. The van der Waals surface area contributed by atoms with Gasteiger partial charge in [0.25, 0.3) is 0 Å². The summed E-state index contributed by atoms with van der Waals surface area (Å²) in [5, 5.41) is 8.87. The zero-order valence-corrected chi connectivity index (χ0v) is 12.5. The van der Waals surface area contributed by atoms with E-state index in [1.807, 2.05) is 20.8 Å². The Morgan fingerprint density at radius 1 is 1.38 bits per heavy atom. The number of nitrogens with zero attached hydrogens (tertiary/aromatic N) is 2. The molecule has 0 radical (unpaired) electrons. The van der Waals surface area contributed by atoms with Crippen LogP contribution < -0.4 is 0 Å². The van der Waals surface area contributed by atoms with Gasteiger partial charge in [-0.3, -0.25) is 0 Å². The Balaban J connectivity index is 1.90. The minimum absolute atomic E-state index is 0.0274. The maximum Gasteiger partial charge on any atom is 0.410 e. The fourth-order valence-corrected chi connectivity index (χ4v) is 2.32. The zero-order chi connectivity index (χ0) is 15.6. The maximum atomic E-state index is 12.0. The number of imidazole rings is 1. The highest BCUT2D eigenvalue weighted by atomic mass is 16.6. The minimum atomic E-state index is -1.04. The molecule has 0 atom stereocenters. The van der Waals surface area contributed by atoms with Crippen molar-refractivity contribution in [3.8, 4) is 0 Å². The number of nitrogens with one attached hydrogen (secondary N) is 1. The van der Waals surface area contributed by atoms with E-state index >= 15 is 0 Å². The smallest absolute Gasteiger partial charge is 0.410 e. The van der Waals surface area contributed by atoms with Gasteiger partial charge in [0.1, 0.15) is 11.4 Å². The summed E-state index contributed by atoms with van der Waals surface area (Å²) in [7, 11) is 0. The number of carbonyl (C=O) groups is 2. The lowest BCUT2D eigenvalue weighted by Crippen LogP contribution is -2.41. The average molecular weight is 295 g/mol. The number of hydrogen-bond acceptors (Lipinski definition) is 4. The topological polar surface area (TPSA) is 95.5 Å². The second-order valence-electron chi connectivity index (χ2n) is 6.22. The minimum Gasteiger partial charge on any atom is -0.476 e. The van der Waals surface area contributed by atoms with Crippen molar-refractivity contribution in [1.29, 1.82) is 0 Å². The van der Waals surface area contributed by atoms with Crippen LogP contribution in [-0.2, 0) is 4.74 Å². The highest BCUT2D eigenvalue weighted by molar-refractivity contribution is 5.85. The highest BCUT2D eigenvalue weighted by Gasteiger charge is 2.28. The number of ether oxygens (including phenoxy) is 1. The molecule has 0 unspecified atom stereocenters. The van der Waals surface area contributed by atoms with Gasteiger partial charge in [-0.2, -0.15) is 0 Å². The molecule has 1 aliphatic rings. The van der Waals surface area contributed by atoms with E-state index in [1.165, 1.54) is 6.20 Å². The Hall–Kier alpha value is -2.05. The van der Waals surface area contributed by atoms with Crippen molar-refractivity contribution in [1.82, 2.24) is 14.9 Å². The van der Waals surface area contributed by atoms with Crippen LogP contribution in [-0.4, -0.2) is 50.7 Å². The Morgan fingerprint density at radius 2 is 2.00 bits per heavy atom. The molecule has 1 fully saturated rings. The molecule has 7 heteroatoms. The molecular formula is C14H21N3O4. The van der Waals surface area contributed by atoms with Crippen LogP contribution >= 0.6 is 0 Å². The summed E-state index contributed by atoms with van der Waals surface area (Å²) in [6.45, 7) is 6.70. The molecule has 1 aliphatic heterocycles. The standard InChI is InChI=1S/C14H21N3O4/c1-14(2,3)21-13(20)17-6-4-9(5-7-17)11-15-8-10(16-11)12(18)19/h8-9H,4-7H2,1-3H3,(H,15,16)(H,18,19). The number of H-pyrrole nitrogens is 1. The van der Waals surface area contributed by atoms with E-state index in [1.54, 1.807) is 4.90 Å². The van der Waals surface area contributed by atoms with Crippen molar-refractivity contribution in [3.63, 3.8) is 0 Å². The van der Waals surface area contributed by atoms with Crippen molar-refractivity contribution < 1.29 is 19.4 Å². The van der Waals surface area contributed by atoms with Gasteiger partial charge in [-0.25, -0.2) is 14.6 Å². The number of carbonyl (C=O) groups excluding carboxylic acids is 1. The Kier molecular flexibility index (Phi) is 4.20. The van der Waals surface area contributed by atoms with Crippen molar-refractivity contribution in [2.75, 3.05) is 13.1 Å². The first-order chi connectivity index (χ1) is 9.76. The molecule has 0 spiro atoms. The molecule has 0 bridgehead atoms. The van der Waals surface area contributed by atoms with E-state index < -0.39 is 11.6 Å². The van der Waals surface area contributed by atoms with Crippen LogP contribution in [0.15, 0.2) is 6.20 Å². The third-order valence-corrected chi connectivity index (χ3v) is 3.35. The van der Waals surface area contributed by atoms with Crippen molar-refractivity contribution in [2.45, 2.75) is 45.1 Å². The second kappa shape index (κ2) is 5.75. The van der Waals surface area contributed by atoms with Crippen LogP contribution in [0.3, 0.4) is 0 Å². The van der Waals surface area contributed by atoms with Gasteiger partial charge in [0.15, 0.2) is 5.69 Å². The molecule has 116 valence electrons. The summed E-state index contributed by atoms with van der Waals surface area (Å²) < 4.78 is 5.34. The summed E-state index contributed by atoms with van der Waals surface area (Å²) in [6, 6.07) is 0. The fourth-order valence-electron chi connectivity index (χ4n) is 2.32. The molecule has 0 saturated carbocycles. The van der Waals surface area contributed by atoms with E-state index in [2.05, 4.69) is 9.97 Å². The number of likely N-dealkylation sites (tertiary alicyclic amines) is 1. The summed E-state index contributed by atoms with van der Waals surface area (Å²) >= 11 is 0. The highest BCUT2D eigenvalue weighted by Crippen LogP contribution is 2.26. The first-order valence-corrected chi connectivity index (χ1v) is 7.03. The molecule has 2 heterocycles. The molecular weight excluding hydrogens is 274 g/mol. The molecule has 1 aromatic heterocycles. The SMILES string of the molecule is CC(C)(C)OC(=O)N1CCC(c2nc(C(=O)O)c[nH]2)CC1. The molecule has 2 N–H and O–H groups in total. The fraction of sp³-hybridized carbons (Fsp3) is 0.643. The van der Waals surface area contributed by atoms with E-state index in [4.69, 9.17) is 9.84 Å². The third kappa shape index (κ3) is 3.96. The molecule has 1 amide bonds. The molecule has 0 aliphatic carbocycles. The lowest BCUT2D eigenvalue weighted by atomic mass is 9.96. The molecule has 1 saturated heterocycles. The van der Waals surface area contributed by atoms with E-state index in [0.29, 0.717) is 18.9 Å². The van der Waals surface area contributed by atoms with Gasteiger partial charge in [0.2, 0.25) is 0 Å². The summed E-state index contributed by atoms with van der Waals surface area (Å²) in [5.74, 6) is -0.211. The van der Waals surface area contributed by atoms with Gasteiger partial charge in [-0.05, 0) is 33.6 Å². The van der Waals surface area contributed by atoms with Gasteiger partial charge in [0.05, 0.1) is 0 Å². The van der Waals surface area contributed by atoms with Gasteiger partial charge >= 0.3 is 12.1 Å². The number of amides is 1. The Morgan fingerprint density at radius 3 is 2.48 bits per heavy atom. The summed E-state index contributed by atoms with van der Waals surface area (Å²) in [6.07, 6.45) is 2.59. The van der Waals surface area contributed by atoms with Crippen molar-refractivity contribution in [3.05, 3.63) is 17.7 Å². The predicted molar refractivity (Wildman–Crippen MR) is 75.3 cm³/mol. The normalized spacial score (nSPS) is 16.8. The van der Waals surface area contributed by atoms with Crippen LogP contribution in [0.1, 0.15) is 55.8 Å².